The van der Waals surface area contributed by atoms with Crippen molar-refractivity contribution >= 4 is 11.6 Å². The van der Waals surface area contributed by atoms with Crippen LogP contribution in [0.1, 0.15) is 11.5 Å². The van der Waals surface area contributed by atoms with Gasteiger partial charge in [0.2, 0.25) is 0 Å². The van der Waals surface area contributed by atoms with Crippen LogP contribution in [0.15, 0.2) is 6.20 Å². The van der Waals surface area contributed by atoms with E-state index in [0.717, 1.165) is 5.69 Å². The molecule has 0 fully saturated rings. The zero-order valence-electron chi connectivity index (χ0n) is 10.1. The summed E-state index contributed by atoms with van der Waals surface area (Å²) in [6, 6.07) is 0. The highest BCUT2D eigenvalue weighted by Crippen LogP contribution is 2.14. The Balaban J connectivity index is 2.18. The van der Waals surface area contributed by atoms with Crippen LogP contribution in [-0.2, 0) is 13.1 Å². The first-order valence-corrected chi connectivity index (χ1v) is 5.32. The van der Waals surface area contributed by atoms with Gasteiger partial charge in [-0.15, -0.1) is 5.10 Å². The number of nitro groups is 1. The first kappa shape index (κ1) is 12.0. The topological polar surface area (TPSA) is 118 Å². The molecule has 0 spiro atoms. The molecular weight excluding hydrogens is 238 g/mol. The normalized spacial score (nSPS) is 10.8. The number of rotatable bonds is 4. The van der Waals surface area contributed by atoms with E-state index in [4.69, 9.17) is 5.73 Å². The Kier molecular flexibility index (Phi) is 2.96. The van der Waals surface area contributed by atoms with E-state index in [0.29, 0.717) is 24.7 Å². The highest BCUT2D eigenvalue weighted by atomic mass is 16.6. The van der Waals surface area contributed by atoms with Crippen molar-refractivity contribution in [1.29, 1.82) is 0 Å². The van der Waals surface area contributed by atoms with Gasteiger partial charge in [-0.1, -0.05) is 5.21 Å². The summed E-state index contributed by atoms with van der Waals surface area (Å²) in [7, 11) is 0. The SMILES string of the molecule is Cc1c(N)nnn1CCn1c([N+](=O)[O-])cnc1C. The summed E-state index contributed by atoms with van der Waals surface area (Å²) in [4.78, 5) is 14.3. The lowest BCUT2D eigenvalue weighted by Crippen LogP contribution is -2.13. The van der Waals surface area contributed by atoms with Crippen molar-refractivity contribution in [3.63, 3.8) is 0 Å². The van der Waals surface area contributed by atoms with Crippen molar-refractivity contribution < 1.29 is 4.92 Å². The van der Waals surface area contributed by atoms with Gasteiger partial charge < -0.3 is 15.8 Å². The molecular formula is C9H13N7O2. The Morgan fingerprint density at radius 1 is 1.44 bits per heavy atom. The third-order valence-corrected chi connectivity index (χ3v) is 2.77. The molecule has 0 aliphatic rings. The highest BCUT2D eigenvalue weighted by Gasteiger charge is 2.17. The molecule has 2 heterocycles. The molecule has 0 saturated heterocycles. The quantitative estimate of drug-likeness (QED) is 0.616. The van der Waals surface area contributed by atoms with E-state index in [2.05, 4.69) is 15.3 Å². The van der Waals surface area contributed by atoms with Crippen LogP contribution in [0.5, 0.6) is 0 Å². The number of anilines is 1. The highest BCUT2D eigenvalue weighted by molar-refractivity contribution is 5.31. The van der Waals surface area contributed by atoms with Gasteiger partial charge in [0.1, 0.15) is 12.7 Å². The van der Waals surface area contributed by atoms with Gasteiger partial charge in [-0.25, -0.2) is 14.2 Å². The fourth-order valence-corrected chi connectivity index (χ4v) is 1.66. The first-order chi connectivity index (χ1) is 8.50. The molecule has 18 heavy (non-hydrogen) atoms. The molecule has 0 amide bonds. The summed E-state index contributed by atoms with van der Waals surface area (Å²) >= 11 is 0. The van der Waals surface area contributed by atoms with Gasteiger partial charge in [0.05, 0.1) is 12.2 Å². The Hall–Kier alpha value is -2.45. The summed E-state index contributed by atoms with van der Waals surface area (Å²) in [6.45, 7) is 4.36. The summed E-state index contributed by atoms with van der Waals surface area (Å²) < 4.78 is 3.13. The predicted octanol–water partition coefficient (Wildman–Crippen LogP) is 0.282. The Bertz CT molecular complexity index is 586. The number of aromatic nitrogens is 5. The van der Waals surface area contributed by atoms with E-state index in [1.54, 1.807) is 18.5 Å². The molecule has 0 unspecified atom stereocenters. The molecule has 0 atom stereocenters. The fraction of sp³-hybridized carbons (Fsp3) is 0.444. The molecule has 2 N–H and O–H groups in total. The number of nitrogens with zero attached hydrogens (tertiary/aromatic N) is 6. The van der Waals surface area contributed by atoms with Crippen molar-refractivity contribution in [3.8, 4) is 0 Å². The van der Waals surface area contributed by atoms with E-state index >= 15 is 0 Å². The molecule has 0 bridgehead atoms. The van der Waals surface area contributed by atoms with Crippen LogP contribution in [-0.4, -0.2) is 29.5 Å². The third kappa shape index (κ3) is 2.01. The lowest BCUT2D eigenvalue weighted by Gasteiger charge is -2.04. The molecule has 9 nitrogen and oxygen atoms in total. The largest absolute Gasteiger partial charge is 0.381 e. The number of nitrogens with two attached hydrogens (primary N) is 1. The average molecular weight is 251 g/mol. The van der Waals surface area contributed by atoms with Crippen LogP contribution in [0.4, 0.5) is 11.6 Å². The molecule has 0 radical (unpaired) electrons. The molecule has 96 valence electrons. The van der Waals surface area contributed by atoms with Crippen LogP contribution in [0.3, 0.4) is 0 Å². The van der Waals surface area contributed by atoms with Crippen molar-refractivity contribution in [1.82, 2.24) is 24.5 Å². The van der Waals surface area contributed by atoms with Gasteiger partial charge in [-0.05, 0) is 11.8 Å². The minimum atomic E-state index is -0.456. The number of hydrogen-bond acceptors (Lipinski definition) is 6. The zero-order valence-corrected chi connectivity index (χ0v) is 10.1. The summed E-state index contributed by atoms with van der Waals surface area (Å²) in [6.07, 6.45) is 1.25. The number of hydrogen-bond donors (Lipinski definition) is 1. The van der Waals surface area contributed by atoms with Crippen molar-refractivity contribution in [2.75, 3.05) is 5.73 Å². The molecule has 2 rings (SSSR count). The number of aryl methyl sites for hydroxylation is 2. The summed E-state index contributed by atoms with van der Waals surface area (Å²) in [5.74, 6) is 0.928. The van der Waals surface area contributed by atoms with Crippen molar-refractivity contribution in [2.45, 2.75) is 26.9 Å². The van der Waals surface area contributed by atoms with Crippen LogP contribution in [0.2, 0.25) is 0 Å². The van der Waals surface area contributed by atoms with Crippen LogP contribution in [0.25, 0.3) is 0 Å². The molecule has 0 saturated carbocycles. The molecule has 0 aliphatic heterocycles. The zero-order chi connectivity index (χ0) is 13.3. The van der Waals surface area contributed by atoms with Crippen molar-refractivity contribution in [2.24, 2.45) is 0 Å². The van der Waals surface area contributed by atoms with E-state index in [9.17, 15) is 10.1 Å². The van der Waals surface area contributed by atoms with E-state index < -0.39 is 4.92 Å². The molecule has 0 aromatic carbocycles. The first-order valence-electron chi connectivity index (χ1n) is 5.32. The lowest BCUT2D eigenvalue weighted by molar-refractivity contribution is -0.392. The van der Waals surface area contributed by atoms with Gasteiger partial charge in [0, 0.05) is 6.92 Å². The maximum absolute atomic E-state index is 10.8. The van der Waals surface area contributed by atoms with Gasteiger partial charge in [0.25, 0.3) is 0 Å². The van der Waals surface area contributed by atoms with Gasteiger partial charge in [0.15, 0.2) is 11.6 Å². The Morgan fingerprint density at radius 2 is 2.17 bits per heavy atom. The minimum Gasteiger partial charge on any atom is -0.381 e. The lowest BCUT2D eigenvalue weighted by atomic mass is 10.4. The van der Waals surface area contributed by atoms with E-state index in [1.807, 2.05) is 0 Å². The molecule has 0 aliphatic carbocycles. The maximum atomic E-state index is 10.8. The minimum absolute atomic E-state index is 0.0294. The summed E-state index contributed by atoms with van der Waals surface area (Å²) in [5.41, 5.74) is 6.32. The third-order valence-electron chi connectivity index (χ3n) is 2.77. The predicted molar refractivity (Wildman–Crippen MR) is 62.8 cm³/mol. The number of nitrogen functional groups attached to an aromatic ring is 1. The van der Waals surface area contributed by atoms with Gasteiger partial charge in [-0.2, -0.15) is 0 Å². The molecule has 2 aromatic rings. The van der Waals surface area contributed by atoms with Crippen LogP contribution in [0, 0.1) is 24.0 Å². The van der Waals surface area contributed by atoms with E-state index in [1.165, 1.54) is 10.8 Å². The van der Waals surface area contributed by atoms with Gasteiger partial charge in [-0.3, -0.25) is 0 Å². The number of imidazole rings is 1. The average Bonchev–Trinajstić information content (AvgIpc) is 2.83. The standard InChI is InChI=1S/C9H13N7O2/c1-6-9(10)12-13-15(6)4-3-14-7(2)11-5-8(14)16(17)18/h5H,3-4,10H2,1-2H3. The fourth-order valence-electron chi connectivity index (χ4n) is 1.66. The monoisotopic (exact) mass is 251 g/mol. The van der Waals surface area contributed by atoms with Crippen LogP contribution >= 0.6 is 0 Å². The Morgan fingerprint density at radius 3 is 2.72 bits per heavy atom. The van der Waals surface area contributed by atoms with Crippen molar-refractivity contribution in [3.05, 3.63) is 27.8 Å². The Labute approximate surface area is 102 Å². The second-order valence-corrected chi connectivity index (χ2v) is 3.86. The smallest absolute Gasteiger partial charge is 0.342 e. The van der Waals surface area contributed by atoms with Gasteiger partial charge >= 0.3 is 5.82 Å². The van der Waals surface area contributed by atoms with Crippen LogP contribution < -0.4 is 5.73 Å². The molecule has 9 heteroatoms. The molecule has 2 aromatic heterocycles. The second-order valence-electron chi connectivity index (χ2n) is 3.86. The second kappa shape index (κ2) is 4.43. The summed E-state index contributed by atoms with van der Waals surface area (Å²) in [5, 5.41) is 18.4. The maximum Gasteiger partial charge on any atom is 0.342 e. The van der Waals surface area contributed by atoms with E-state index in [-0.39, 0.29) is 5.82 Å².